The lowest BCUT2D eigenvalue weighted by Crippen LogP contribution is -2.29. The van der Waals surface area contributed by atoms with E-state index in [2.05, 4.69) is 54.8 Å². The van der Waals surface area contributed by atoms with Crippen molar-refractivity contribution in [1.82, 2.24) is 0 Å². The number of hydrogen-bond acceptors (Lipinski definition) is 7. The van der Waals surface area contributed by atoms with Crippen molar-refractivity contribution >= 4 is 19.8 Å². The Bertz CT molecular complexity index is 916. The van der Waals surface area contributed by atoms with Gasteiger partial charge in [-0.15, -0.1) is 0 Å². The van der Waals surface area contributed by atoms with Crippen molar-refractivity contribution in [2.45, 2.75) is 193 Å². The van der Waals surface area contributed by atoms with Gasteiger partial charge in [0.05, 0.1) is 6.61 Å². The first-order chi connectivity index (χ1) is 24.3. The molecule has 0 aromatic carbocycles. The Kier molecular flexibility index (Phi) is 35.8. The van der Waals surface area contributed by atoms with Crippen LogP contribution in [-0.2, 0) is 32.7 Å². The van der Waals surface area contributed by atoms with Gasteiger partial charge in [-0.05, 0) is 70.6 Å². The highest BCUT2D eigenvalue weighted by atomic mass is 31.2. The molecule has 0 aliphatic rings. The van der Waals surface area contributed by atoms with Crippen LogP contribution in [0.5, 0.6) is 0 Å². The van der Waals surface area contributed by atoms with Gasteiger partial charge < -0.3 is 14.4 Å². The molecule has 0 aromatic rings. The molecular weight excluding hydrogens is 651 g/mol. The van der Waals surface area contributed by atoms with Crippen LogP contribution in [0.15, 0.2) is 36.5 Å². The number of rotatable bonds is 37. The van der Waals surface area contributed by atoms with Gasteiger partial charge in [-0.1, -0.05) is 140 Å². The monoisotopic (exact) mass is 727 g/mol. The summed E-state index contributed by atoms with van der Waals surface area (Å²) < 4.78 is 31.9. The zero-order chi connectivity index (χ0) is 36.8. The number of unbranched alkanes of at least 4 members (excludes halogenated alkanes) is 20. The molecular formula is C41H75O8P. The predicted octanol–water partition coefficient (Wildman–Crippen LogP) is 12.4. The summed E-state index contributed by atoms with van der Waals surface area (Å²) in [6.07, 6.45) is 41.9. The van der Waals surface area contributed by atoms with Gasteiger partial charge >= 0.3 is 19.8 Å². The van der Waals surface area contributed by atoms with Gasteiger partial charge in [0, 0.05) is 20.0 Å². The highest BCUT2D eigenvalue weighted by Crippen LogP contribution is 2.42. The molecule has 2 atom stereocenters. The third-order valence-electron chi connectivity index (χ3n) is 8.61. The van der Waals surface area contributed by atoms with Crippen molar-refractivity contribution in [2.24, 2.45) is 0 Å². The summed E-state index contributed by atoms with van der Waals surface area (Å²) in [4.78, 5) is 34.4. The van der Waals surface area contributed by atoms with E-state index >= 15 is 0 Å². The van der Waals surface area contributed by atoms with Crippen molar-refractivity contribution in [3.8, 4) is 0 Å². The minimum Gasteiger partial charge on any atom is -0.462 e. The van der Waals surface area contributed by atoms with E-state index in [9.17, 15) is 19.0 Å². The highest BCUT2D eigenvalue weighted by Gasteiger charge is 2.24. The lowest BCUT2D eigenvalue weighted by Gasteiger charge is -2.19. The number of ether oxygens (including phenoxy) is 2. The van der Waals surface area contributed by atoms with Crippen LogP contribution in [0.3, 0.4) is 0 Å². The number of carbonyl (C=O) groups is 2. The summed E-state index contributed by atoms with van der Waals surface area (Å²) in [6, 6.07) is 0. The predicted molar refractivity (Wildman–Crippen MR) is 207 cm³/mol. The fraction of sp³-hybridized carbons (Fsp3) is 0.805. The maximum absolute atomic E-state index is 12.5. The first-order valence-electron chi connectivity index (χ1n) is 20.2. The molecule has 0 aliphatic carbocycles. The van der Waals surface area contributed by atoms with Crippen molar-refractivity contribution < 1.29 is 37.6 Å². The number of esters is 2. The summed E-state index contributed by atoms with van der Waals surface area (Å²) in [6.45, 7) is 3.84. The number of hydrogen-bond donors (Lipinski definition) is 1. The molecule has 2 unspecified atom stereocenters. The van der Waals surface area contributed by atoms with E-state index in [4.69, 9.17) is 14.0 Å². The minimum atomic E-state index is -4.26. The zero-order valence-corrected chi connectivity index (χ0v) is 33.2. The minimum absolute atomic E-state index is 0.227. The van der Waals surface area contributed by atoms with Crippen LogP contribution in [0.25, 0.3) is 0 Å². The molecule has 0 aliphatic heterocycles. The Balaban J connectivity index is 4.07. The number of phosphoric acid groups is 1. The topological polar surface area (TPSA) is 108 Å². The van der Waals surface area contributed by atoms with Crippen LogP contribution in [0.2, 0.25) is 0 Å². The SMILES string of the molecule is CCCCCC/C=C\C/C=C\CCCCCCCC(=O)OC(COC(=O)CCCCCCC/C=C\CCCCCCCC)COP(=O)(O)OC. The number of phosphoric ester groups is 1. The molecule has 0 fully saturated rings. The Morgan fingerprint density at radius 3 is 1.44 bits per heavy atom. The molecule has 0 rings (SSSR count). The van der Waals surface area contributed by atoms with Crippen LogP contribution in [0.1, 0.15) is 187 Å². The van der Waals surface area contributed by atoms with Gasteiger partial charge in [-0.3, -0.25) is 18.6 Å². The average Bonchev–Trinajstić information content (AvgIpc) is 3.10. The van der Waals surface area contributed by atoms with Gasteiger partial charge in [0.1, 0.15) is 6.61 Å². The van der Waals surface area contributed by atoms with Crippen molar-refractivity contribution in [1.29, 1.82) is 0 Å². The van der Waals surface area contributed by atoms with Crippen LogP contribution in [0, 0.1) is 0 Å². The molecule has 0 bridgehead atoms. The van der Waals surface area contributed by atoms with E-state index in [0.717, 1.165) is 84.2 Å². The van der Waals surface area contributed by atoms with E-state index < -0.39 is 26.5 Å². The van der Waals surface area contributed by atoms with E-state index in [-0.39, 0.29) is 25.4 Å². The van der Waals surface area contributed by atoms with Gasteiger partial charge in [0.2, 0.25) is 0 Å². The Labute approximate surface area is 306 Å². The largest absolute Gasteiger partial charge is 0.472 e. The summed E-state index contributed by atoms with van der Waals surface area (Å²) >= 11 is 0. The van der Waals surface area contributed by atoms with Crippen LogP contribution < -0.4 is 0 Å². The third kappa shape index (κ3) is 36.1. The Morgan fingerprint density at radius 1 is 0.560 bits per heavy atom. The summed E-state index contributed by atoms with van der Waals surface area (Å²) in [5.41, 5.74) is 0. The normalized spacial score (nSPS) is 13.8. The lowest BCUT2D eigenvalue weighted by atomic mass is 10.1. The molecule has 50 heavy (non-hydrogen) atoms. The molecule has 0 saturated carbocycles. The van der Waals surface area contributed by atoms with Crippen molar-refractivity contribution in [3.63, 3.8) is 0 Å². The average molecular weight is 727 g/mol. The second-order valence-corrected chi connectivity index (χ2v) is 15.0. The number of allylic oxidation sites excluding steroid dienone is 6. The second-order valence-electron chi connectivity index (χ2n) is 13.4. The Hall–Kier alpha value is -1.73. The fourth-order valence-electron chi connectivity index (χ4n) is 5.45. The zero-order valence-electron chi connectivity index (χ0n) is 32.3. The number of carbonyl (C=O) groups excluding carboxylic acids is 2. The highest BCUT2D eigenvalue weighted by molar-refractivity contribution is 7.47. The van der Waals surface area contributed by atoms with Gasteiger partial charge in [0.25, 0.3) is 0 Å². The molecule has 8 nitrogen and oxygen atoms in total. The molecule has 0 spiro atoms. The maximum atomic E-state index is 12.5. The molecule has 0 saturated heterocycles. The summed E-state index contributed by atoms with van der Waals surface area (Å²) in [5.74, 6) is -0.829. The Morgan fingerprint density at radius 2 is 0.960 bits per heavy atom. The maximum Gasteiger partial charge on any atom is 0.472 e. The summed E-state index contributed by atoms with van der Waals surface area (Å²) in [5, 5.41) is 0. The first-order valence-corrected chi connectivity index (χ1v) is 21.7. The van der Waals surface area contributed by atoms with Crippen LogP contribution in [0.4, 0.5) is 0 Å². The fourth-order valence-corrected chi connectivity index (χ4v) is 5.91. The first kappa shape index (κ1) is 48.3. The van der Waals surface area contributed by atoms with E-state index in [1.165, 1.54) is 77.0 Å². The third-order valence-corrected chi connectivity index (χ3v) is 9.54. The van der Waals surface area contributed by atoms with Gasteiger partial charge in [0.15, 0.2) is 6.10 Å². The molecule has 0 heterocycles. The summed E-state index contributed by atoms with van der Waals surface area (Å²) in [7, 11) is -3.21. The smallest absolute Gasteiger partial charge is 0.462 e. The van der Waals surface area contributed by atoms with E-state index in [0.29, 0.717) is 6.42 Å². The van der Waals surface area contributed by atoms with Gasteiger partial charge in [-0.2, -0.15) is 0 Å². The standard InChI is InChI=1S/C41H75O8P/c1-4-6-8-10-12-14-16-18-20-22-24-26-28-30-32-34-36-41(43)49-39(38-48-50(44,45)46-3)37-47-40(42)35-33-31-29-27-25-23-21-19-17-15-13-11-9-7-5-2/h14,16,19-22,39H,4-13,15,17-18,23-38H2,1-3H3,(H,44,45)/b16-14-,21-19-,22-20-. The lowest BCUT2D eigenvalue weighted by molar-refractivity contribution is -0.161. The molecule has 0 aromatic heterocycles. The van der Waals surface area contributed by atoms with Gasteiger partial charge in [-0.25, -0.2) is 4.57 Å². The molecule has 0 radical (unpaired) electrons. The van der Waals surface area contributed by atoms with Crippen molar-refractivity contribution in [2.75, 3.05) is 20.3 Å². The molecule has 0 amide bonds. The molecule has 9 heteroatoms. The molecule has 1 N–H and O–H groups in total. The quantitative estimate of drug-likeness (QED) is 0.0292. The van der Waals surface area contributed by atoms with Crippen LogP contribution in [-0.4, -0.2) is 43.3 Å². The van der Waals surface area contributed by atoms with E-state index in [1.54, 1.807) is 0 Å². The second kappa shape index (κ2) is 37.0. The van der Waals surface area contributed by atoms with Crippen LogP contribution >= 0.6 is 7.82 Å². The molecule has 292 valence electrons. The van der Waals surface area contributed by atoms with Crippen molar-refractivity contribution in [3.05, 3.63) is 36.5 Å². The van der Waals surface area contributed by atoms with E-state index in [1.807, 2.05) is 0 Å².